The minimum Gasteiger partial charge on any atom is -0.388 e. The zero-order chi connectivity index (χ0) is 19.2. The second-order valence-electron chi connectivity index (χ2n) is 7.27. The molecule has 3 N–H and O–H groups in total. The summed E-state index contributed by atoms with van der Waals surface area (Å²) < 4.78 is 16.8. The standard InChI is InChI=1S/C20H30N2O5/c1-13-5-3-4-6-14(13)11-21-12-17-19(24)20-16(27-17)9-15(26-20)10-18(23)22-7-8-25-2/h3-6,15-17,19-21,24H,7-12H2,1-2H3,(H,22,23)/t15-,16+,17+,19+,20-/m0/s1. The minimum atomic E-state index is -0.680. The molecule has 150 valence electrons. The van der Waals surface area contributed by atoms with E-state index in [4.69, 9.17) is 14.2 Å². The lowest BCUT2D eigenvalue weighted by Gasteiger charge is -2.20. The van der Waals surface area contributed by atoms with Crippen molar-refractivity contribution < 1.29 is 24.1 Å². The van der Waals surface area contributed by atoms with Crippen LogP contribution in [0.1, 0.15) is 24.0 Å². The van der Waals surface area contributed by atoms with E-state index < -0.39 is 6.10 Å². The molecule has 7 heteroatoms. The van der Waals surface area contributed by atoms with Crippen LogP contribution in [0.3, 0.4) is 0 Å². The summed E-state index contributed by atoms with van der Waals surface area (Å²) in [6, 6.07) is 8.22. The summed E-state index contributed by atoms with van der Waals surface area (Å²) in [6.07, 6.45) is -0.773. The Morgan fingerprint density at radius 3 is 2.89 bits per heavy atom. The van der Waals surface area contributed by atoms with Gasteiger partial charge < -0.3 is 30.0 Å². The number of hydrogen-bond acceptors (Lipinski definition) is 6. The van der Waals surface area contributed by atoms with Crippen LogP contribution in [0.2, 0.25) is 0 Å². The second-order valence-corrected chi connectivity index (χ2v) is 7.27. The van der Waals surface area contributed by atoms with Crippen molar-refractivity contribution in [2.75, 3.05) is 26.8 Å². The fourth-order valence-corrected chi connectivity index (χ4v) is 3.74. The molecule has 27 heavy (non-hydrogen) atoms. The monoisotopic (exact) mass is 378 g/mol. The lowest BCUT2D eigenvalue weighted by molar-refractivity contribution is -0.124. The van der Waals surface area contributed by atoms with Crippen molar-refractivity contribution in [2.24, 2.45) is 0 Å². The maximum Gasteiger partial charge on any atom is 0.222 e. The molecule has 1 aromatic rings. The smallest absolute Gasteiger partial charge is 0.222 e. The number of aliphatic hydroxyl groups is 1. The van der Waals surface area contributed by atoms with Gasteiger partial charge in [-0.15, -0.1) is 0 Å². The SMILES string of the molecule is COCCNC(=O)C[C@@H]1C[C@H]2O[C@H](CNCc3ccccc3C)[C@@H](O)[C@H]2O1. The molecule has 2 heterocycles. The van der Waals surface area contributed by atoms with E-state index in [0.29, 0.717) is 26.1 Å². The van der Waals surface area contributed by atoms with Crippen molar-refractivity contribution in [1.82, 2.24) is 10.6 Å². The maximum absolute atomic E-state index is 11.9. The predicted molar refractivity (Wildman–Crippen MR) is 100 cm³/mol. The van der Waals surface area contributed by atoms with Gasteiger partial charge in [0.05, 0.1) is 31.3 Å². The van der Waals surface area contributed by atoms with Gasteiger partial charge in [0.2, 0.25) is 5.91 Å². The van der Waals surface area contributed by atoms with E-state index in [2.05, 4.69) is 29.7 Å². The zero-order valence-electron chi connectivity index (χ0n) is 16.0. The van der Waals surface area contributed by atoms with Crippen LogP contribution < -0.4 is 10.6 Å². The average molecular weight is 378 g/mol. The molecule has 0 aromatic heterocycles. The minimum absolute atomic E-state index is 0.0667. The Hall–Kier alpha value is -1.51. The Bertz CT molecular complexity index is 626. The van der Waals surface area contributed by atoms with Gasteiger partial charge in [-0.25, -0.2) is 0 Å². The molecule has 7 nitrogen and oxygen atoms in total. The molecule has 1 aromatic carbocycles. The molecule has 5 atom stereocenters. The molecule has 2 aliphatic rings. The first kappa shape index (κ1) is 20.2. The van der Waals surface area contributed by atoms with Crippen LogP contribution >= 0.6 is 0 Å². The number of ether oxygens (including phenoxy) is 3. The van der Waals surface area contributed by atoms with Gasteiger partial charge in [-0.2, -0.15) is 0 Å². The van der Waals surface area contributed by atoms with Crippen molar-refractivity contribution in [3.63, 3.8) is 0 Å². The Morgan fingerprint density at radius 2 is 2.15 bits per heavy atom. The van der Waals surface area contributed by atoms with Crippen LogP contribution in [0.25, 0.3) is 0 Å². The molecule has 2 aliphatic heterocycles. The molecule has 3 rings (SSSR count). The predicted octanol–water partition coefficient (Wildman–Crippen LogP) is 0.523. The molecule has 0 bridgehead atoms. The van der Waals surface area contributed by atoms with Gasteiger partial charge in [-0.05, 0) is 18.1 Å². The van der Waals surface area contributed by atoms with Gasteiger partial charge in [-0.3, -0.25) is 4.79 Å². The first-order valence-electron chi connectivity index (χ1n) is 9.58. The van der Waals surface area contributed by atoms with Crippen molar-refractivity contribution in [3.05, 3.63) is 35.4 Å². The average Bonchev–Trinajstić information content (AvgIpc) is 3.16. The van der Waals surface area contributed by atoms with E-state index in [1.54, 1.807) is 7.11 Å². The number of hydrogen-bond donors (Lipinski definition) is 3. The first-order chi connectivity index (χ1) is 13.1. The third-order valence-electron chi connectivity index (χ3n) is 5.24. The highest BCUT2D eigenvalue weighted by molar-refractivity contribution is 5.76. The number of fused-ring (bicyclic) bond motifs is 1. The van der Waals surface area contributed by atoms with Crippen LogP contribution in [0.4, 0.5) is 0 Å². The molecule has 2 saturated heterocycles. The number of amides is 1. The van der Waals surface area contributed by atoms with Crippen LogP contribution in [0.5, 0.6) is 0 Å². The summed E-state index contributed by atoms with van der Waals surface area (Å²) in [7, 11) is 1.60. The van der Waals surface area contributed by atoms with Crippen molar-refractivity contribution in [1.29, 1.82) is 0 Å². The van der Waals surface area contributed by atoms with E-state index >= 15 is 0 Å². The number of carbonyl (C=O) groups excluding carboxylic acids is 1. The number of nitrogens with one attached hydrogen (secondary N) is 2. The van der Waals surface area contributed by atoms with Gasteiger partial charge in [0, 0.05) is 33.2 Å². The number of methoxy groups -OCH3 is 1. The number of benzene rings is 1. The van der Waals surface area contributed by atoms with Gasteiger partial charge in [0.1, 0.15) is 12.2 Å². The normalized spacial score (nSPS) is 29.7. The van der Waals surface area contributed by atoms with Gasteiger partial charge >= 0.3 is 0 Å². The number of carbonyl (C=O) groups is 1. The number of aryl methyl sites for hydroxylation is 1. The molecular weight excluding hydrogens is 348 g/mol. The highest BCUT2D eigenvalue weighted by Crippen LogP contribution is 2.35. The van der Waals surface area contributed by atoms with Crippen molar-refractivity contribution >= 4 is 5.91 Å². The van der Waals surface area contributed by atoms with E-state index in [1.807, 2.05) is 12.1 Å². The summed E-state index contributed by atoms with van der Waals surface area (Å²) in [5.74, 6) is -0.0667. The van der Waals surface area contributed by atoms with Crippen LogP contribution in [-0.4, -0.2) is 68.3 Å². The van der Waals surface area contributed by atoms with E-state index in [-0.39, 0.29) is 36.7 Å². The quantitative estimate of drug-likeness (QED) is 0.543. The van der Waals surface area contributed by atoms with Crippen molar-refractivity contribution in [2.45, 2.75) is 56.8 Å². The molecule has 1 amide bonds. The highest BCUT2D eigenvalue weighted by atomic mass is 16.6. The van der Waals surface area contributed by atoms with Crippen LogP contribution in [0.15, 0.2) is 24.3 Å². The molecule has 0 spiro atoms. The third kappa shape index (κ3) is 5.27. The maximum atomic E-state index is 11.9. The van der Waals surface area contributed by atoms with Gasteiger partial charge in [0.25, 0.3) is 0 Å². The topological polar surface area (TPSA) is 89.1 Å². The van der Waals surface area contributed by atoms with Crippen LogP contribution in [0, 0.1) is 6.92 Å². The summed E-state index contributed by atoms with van der Waals surface area (Å²) in [6.45, 7) is 4.36. The fourth-order valence-electron chi connectivity index (χ4n) is 3.74. The van der Waals surface area contributed by atoms with E-state index in [0.717, 1.165) is 6.54 Å². The lowest BCUT2D eigenvalue weighted by Crippen LogP contribution is -2.39. The van der Waals surface area contributed by atoms with E-state index in [9.17, 15) is 9.90 Å². The molecule has 0 unspecified atom stereocenters. The highest BCUT2D eigenvalue weighted by Gasteiger charge is 2.50. The second kappa shape index (κ2) is 9.61. The molecule has 0 radical (unpaired) electrons. The Labute approximate surface area is 160 Å². The summed E-state index contributed by atoms with van der Waals surface area (Å²) in [5, 5.41) is 16.7. The Kier molecular flexibility index (Phi) is 7.20. The Morgan fingerprint density at radius 1 is 1.33 bits per heavy atom. The molecule has 0 saturated carbocycles. The summed E-state index contributed by atoms with van der Waals surface area (Å²) in [5.41, 5.74) is 2.48. The number of aliphatic hydroxyl groups excluding tert-OH is 1. The zero-order valence-corrected chi connectivity index (χ0v) is 16.0. The summed E-state index contributed by atoms with van der Waals surface area (Å²) >= 11 is 0. The summed E-state index contributed by atoms with van der Waals surface area (Å²) in [4.78, 5) is 11.9. The fraction of sp³-hybridized carbons (Fsp3) is 0.650. The Balaban J connectivity index is 1.39. The largest absolute Gasteiger partial charge is 0.388 e. The lowest BCUT2D eigenvalue weighted by atomic mass is 10.1. The van der Waals surface area contributed by atoms with E-state index in [1.165, 1.54) is 11.1 Å². The molecule has 2 fully saturated rings. The number of rotatable bonds is 9. The van der Waals surface area contributed by atoms with Crippen molar-refractivity contribution in [3.8, 4) is 0 Å². The first-order valence-corrected chi connectivity index (χ1v) is 9.58. The van der Waals surface area contributed by atoms with Gasteiger partial charge in [-0.1, -0.05) is 24.3 Å². The van der Waals surface area contributed by atoms with Crippen LogP contribution in [-0.2, 0) is 25.5 Å². The van der Waals surface area contributed by atoms with Gasteiger partial charge in [0.15, 0.2) is 0 Å². The molecular formula is C20H30N2O5. The molecule has 0 aliphatic carbocycles. The third-order valence-corrected chi connectivity index (χ3v) is 5.24.